The van der Waals surface area contributed by atoms with E-state index in [2.05, 4.69) is 4.98 Å². The minimum Gasteiger partial charge on any atom is -0.292 e. The minimum absolute atomic E-state index is 0.0579. The van der Waals surface area contributed by atoms with Gasteiger partial charge in [0.05, 0.1) is 12.3 Å². The maximum atomic E-state index is 13.6. The Bertz CT molecular complexity index is 1090. The number of benzene rings is 1. The summed E-state index contributed by atoms with van der Waals surface area (Å²) in [7, 11) is -3.25. The average molecular weight is 433 g/mol. The second kappa shape index (κ2) is 8.03. The second-order valence-corrected chi connectivity index (χ2v) is 10.1. The number of hydrogen-bond acceptors (Lipinski definition) is 5. The van der Waals surface area contributed by atoms with Crippen LogP contribution in [0.4, 0.5) is 10.2 Å². The maximum absolute atomic E-state index is 13.6. The smallest absolute Gasteiger partial charge is 0.228 e. The van der Waals surface area contributed by atoms with Gasteiger partial charge in [-0.25, -0.2) is 27.1 Å². The quantitative estimate of drug-likeness (QED) is 0.725. The van der Waals surface area contributed by atoms with Crippen molar-refractivity contribution in [2.75, 3.05) is 23.7 Å². The first-order chi connectivity index (χ1) is 14.3. The number of aryl methyl sites for hydroxylation is 1. The monoisotopic (exact) mass is 432 g/mol. The van der Waals surface area contributed by atoms with Gasteiger partial charge in [0.25, 0.3) is 0 Å². The van der Waals surface area contributed by atoms with Crippen molar-refractivity contribution < 1.29 is 17.6 Å². The predicted molar refractivity (Wildman–Crippen MR) is 111 cm³/mol. The van der Waals surface area contributed by atoms with Crippen LogP contribution in [0.3, 0.4) is 0 Å². The van der Waals surface area contributed by atoms with Gasteiger partial charge < -0.3 is 0 Å². The van der Waals surface area contributed by atoms with E-state index in [0.29, 0.717) is 49.6 Å². The van der Waals surface area contributed by atoms with Gasteiger partial charge in [-0.05, 0) is 44.4 Å². The Kier molecular flexibility index (Phi) is 5.59. The number of amides is 1. The van der Waals surface area contributed by atoms with Crippen LogP contribution in [0.5, 0.6) is 0 Å². The molecule has 7 nitrogen and oxygen atoms in total. The third-order valence-corrected chi connectivity index (χ3v) is 7.71. The molecule has 160 valence electrons. The summed E-state index contributed by atoms with van der Waals surface area (Å²) >= 11 is 0. The first kappa shape index (κ1) is 20.9. The Morgan fingerprint density at radius 3 is 2.77 bits per heavy atom. The summed E-state index contributed by atoms with van der Waals surface area (Å²) < 4.78 is 39.5. The van der Waals surface area contributed by atoms with Crippen molar-refractivity contribution in [2.45, 2.75) is 45.6 Å². The molecular weight excluding hydrogens is 407 g/mol. The number of sulfonamides is 1. The molecule has 1 fully saturated rings. The molecule has 30 heavy (non-hydrogen) atoms. The third kappa shape index (κ3) is 3.96. The van der Waals surface area contributed by atoms with Crippen LogP contribution in [-0.4, -0.2) is 47.4 Å². The van der Waals surface area contributed by atoms with Gasteiger partial charge in [0.2, 0.25) is 15.9 Å². The summed E-state index contributed by atoms with van der Waals surface area (Å²) in [6.45, 7) is 4.58. The summed E-state index contributed by atoms with van der Waals surface area (Å²) in [5.41, 5.74) is 2.42. The van der Waals surface area contributed by atoms with Gasteiger partial charge in [0.15, 0.2) is 0 Å². The van der Waals surface area contributed by atoms with Gasteiger partial charge in [-0.1, -0.05) is 12.1 Å². The van der Waals surface area contributed by atoms with E-state index in [0.717, 1.165) is 11.3 Å². The van der Waals surface area contributed by atoms with E-state index in [9.17, 15) is 17.6 Å². The zero-order chi connectivity index (χ0) is 21.5. The molecule has 4 rings (SSSR count). The molecule has 0 saturated carbocycles. The lowest BCUT2D eigenvalue weighted by atomic mass is 10.0. The normalized spacial score (nSPS) is 19.9. The summed E-state index contributed by atoms with van der Waals surface area (Å²) in [4.78, 5) is 23.7. The van der Waals surface area contributed by atoms with Gasteiger partial charge in [-0.3, -0.25) is 9.69 Å². The molecule has 1 atom stereocenters. The summed E-state index contributed by atoms with van der Waals surface area (Å²) in [5.74, 6) is 0.689. The first-order valence-electron chi connectivity index (χ1n) is 10.2. The van der Waals surface area contributed by atoms with E-state index < -0.39 is 10.0 Å². The molecule has 3 heterocycles. The molecular formula is C21H25FN4O3S. The van der Waals surface area contributed by atoms with Crippen molar-refractivity contribution in [1.29, 1.82) is 0 Å². The number of rotatable bonds is 5. The van der Waals surface area contributed by atoms with Crippen LogP contribution in [0.25, 0.3) is 0 Å². The van der Waals surface area contributed by atoms with Gasteiger partial charge in [-0.2, -0.15) is 0 Å². The van der Waals surface area contributed by atoms with Crippen LogP contribution < -0.4 is 4.90 Å². The molecule has 1 aromatic heterocycles. The molecule has 0 N–H and O–H groups in total. The average Bonchev–Trinajstić information content (AvgIpc) is 3.21. The van der Waals surface area contributed by atoms with E-state index in [-0.39, 0.29) is 29.9 Å². The molecule has 0 aliphatic carbocycles. The van der Waals surface area contributed by atoms with Gasteiger partial charge in [-0.15, -0.1) is 0 Å². The summed E-state index contributed by atoms with van der Waals surface area (Å²) in [5, 5.41) is 0. The van der Waals surface area contributed by atoms with Crippen molar-refractivity contribution in [3.05, 3.63) is 52.7 Å². The van der Waals surface area contributed by atoms with Gasteiger partial charge in [0.1, 0.15) is 17.5 Å². The lowest BCUT2D eigenvalue weighted by molar-refractivity contribution is -0.119. The number of halogens is 1. The van der Waals surface area contributed by atoms with E-state index in [1.54, 1.807) is 24.0 Å². The van der Waals surface area contributed by atoms with Crippen LogP contribution in [0.2, 0.25) is 0 Å². The topological polar surface area (TPSA) is 83.5 Å². The molecule has 0 radical (unpaired) electrons. The molecule has 9 heteroatoms. The van der Waals surface area contributed by atoms with Crippen molar-refractivity contribution in [3.63, 3.8) is 0 Å². The molecule has 0 unspecified atom stereocenters. The van der Waals surface area contributed by atoms with Crippen LogP contribution in [0.1, 0.15) is 48.3 Å². The first-order valence-corrected chi connectivity index (χ1v) is 11.8. The standard InChI is InChI=1S/C21H25FN4O3S/c1-3-30(28,29)25-10-9-16(13-25)20-23-14(2)18-7-8-19(27)26(21(18)24-20)12-15-5-4-6-17(22)11-15/h4-6,11,16H,3,7-10,12-13H2,1-2H3/t16-/m0/s1. The Morgan fingerprint density at radius 2 is 2.03 bits per heavy atom. The summed E-state index contributed by atoms with van der Waals surface area (Å²) in [6.07, 6.45) is 1.58. The molecule has 1 saturated heterocycles. The molecule has 1 amide bonds. The molecule has 2 aromatic rings. The zero-order valence-electron chi connectivity index (χ0n) is 17.1. The highest BCUT2D eigenvalue weighted by atomic mass is 32.2. The van der Waals surface area contributed by atoms with Gasteiger partial charge in [0, 0.05) is 36.7 Å². The number of aromatic nitrogens is 2. The number of fused-ring (bicyclic) bond motifs is 1. The van der Waals surface area contributed by atoms with Crippen molar-refractivity contribution in [3.8, 4) is 0 Å². The number of carbonyl (C=O) groups is 1. The fourth-order valence-corrected chi connectivity index (χ4v) is 5.30. The lowest BCUT2D eigenvalue weighted by Crippen LogP contribution is -2.36. The highest BCUT2D eigenvalue weighted by molar-refractivity contribution is 7.89. The van der Waals surface area contributed by atoms with Crippen LogP contribution in [-0.2, 0) is 27.8 Å². The number of hydrogen-bond donors (Lipinski definition) is 0. The minimum atomic E-state index is -3.25. The molecule has 0 bridgehead atoms. The van der Waals surface area contributed by atoms with Crippen molar-refractivity contribution in [2.24, 2.45) is 0 Å². The van der Waals surface area contributed by atoms with E-state index in [4.69, 9.17) is 4.98 Å². The van der Waals surface area contributed by atoms with Gasteiger partial charge >= 0.3 is 0 Å². The van der Waals surface area contributed by atoms with Crippen molar-refractivity contribution >= 4 is 21.7 Å². The summed E-state index contributed by atoms with van der Waals surface area (Å²) in [6, 6.07) is 6.19. The van der Waals surface area contributed by atoms with E-state index in [1.807, 2.05) is 6.92 Å². The van der Waals surface area contributed by atoms with Crippen molar-refractivity contribution in [1.82, 2.24) is 14.3 Å². The fraction of sp³-hybridized carbons (Fsp3) is 0.476. The van der Waals surface area contributed by atoms with E-state index in [1.165, 1.54) is 16.4 Å². The maximum Gasteiger partial charge on any atom is 0.228 e. The number of anilines is 1. The lowest BCUT2D eigenvalue weighted by Gasteiger charge is -2.30. The second-order valence-electron chi connectivity index (χ2n) is 7.82. The Labute approximate surface area is 176 Å². The largest absolute Gasteiger partial charge is 0.292 e. The van der Waals surface area contributed by atoms with Crippen LogP contribution in [0.15, 0.2) is 24.3 Å². The molecule has 2 aliphatic heterocycles. The highest BCUT2D eigenvalue weighted by Crippen LogP contribution is 2.33. The molecule has 0 spiro atoms. The predicted octanol–water partition coefficient (Wildman–Crippen LogP) is 2.54. The Morgan fingerprint density at radius 1 is 1.23 bits per heavy atom. The highest BCUT2D eigenvalue weighted by Gasteiger charge is 2.35. The SMILES string of the molecule is CCS(=O)(=O)N1CC[C@H](c2nc(C)c3c(n2)N(Cc2cccc(F)c2)C(=O)CC3)C1. The fourth-order valence-electron chi connectivity index (χ4n) is 4.14. The Hall–Kier alpha value is -2.39. The molecule has 1 aromatic carbocycles. The third-order valence-electron chi connectivity index (χ3n) is 5.86. The number of carbonyl (C=O) groups excluding carboxylic acids is 1. The van der Waals surface area contributed by atoms with Crippen LogP contribution >= 0.6 is 0 Å². The number of nitrogens with zero attached hydrogens (tertiary/aromatic N) is 4. The molecule has 2 aliphatic rings. The van der Waals surface area contributed by atoms with E-state index >= 15 is 0 Å². The zero-order valence-corrected chi connectivity index (χ0v) is 18.0. The Balaban J connectivity index is 1.66. The van der Waals surface area contributed by atoms with Crippen LogP contribution in [0, 0.1) is 12.7 Å².